The summed E-state index contributed by atoms with van der Waals surface area (Å²) in [7, 11) is 0. The van der Waals surface area contributed by atoms with Gasteiger partial charge < -0.3 is 10.5 Å². The average molecular weight is 191 g/mol. The lowest BCUT2D eigenvalue weighted by Crippen LogP contribution is -2.09. The van der Waals surface area contributed by atoms with Gasteiger partial charge in [-0.25, -0.2) is 0 Å². The third-order valence-electron chi connectivity index (χ3n) is 2.86. The molecule has 0 unspecified atom stereocenters. The summed E-state index contributed by atoms with van der Waals surface area (Å²) in [6.45, 7) is 5.03. The Hall–Kier alpha value is -1.02. The highest BCUT2D eigenvalue weighted by Crippen LogP contribution is 2.32. The van der Waals surface area contributed by atoms with Crippen LogP contribution in [0.2, 0.25) is 0 Å². The second-order valence-electron chi connectivity index (χ2n) is 3.94. The first-order valence-corrected chi connectivity index (χ1v) is 5.24. The van der Waals surface area contributed by atoms with E-state index in [0.717, 1.165) is 25.2 Å². The van der Waals surface area contributed by atoms with Crippen LogP contribution in [0.3, 0.4) is 0 Å². The van der Waals surface area contributed by atoms with Crippen LogP contribution in [-0.2, 0) is 6.42 Å². The lowest BCUT2D eigenvalue weighted by molar-refractivity contribution is 0.354. The van der Waals surface area contributed by atoms with Crippen LogP contribution < -0.4 is 10.5 Å². The van der Waals surface area contributed by atoms with E-state index in [1.165, 1.54) is 16.7 Å². The average Bonchev–Trinajstić information content (AvgIpc) is 2.64. The van der Waals surface area contributed by atoms with Crippen LogP contribution in [0.1, 0.15) is 36.1 Å². The molecule has 0 aliphatic carbocycles. The first-order chi connectivity index (χ1) is 6.72. The molecule has 0 saturated heterocycles. The van der Waals surface area contributed by atoms with E-state index in [0.29, 0.717) is 0 Å². The summed E-state index contributed by atoms with van der Waals surface area (Å²) in [5, 5.41) is 0. The molecule has 1 aliphatic heterocycles. The standard InChI is InChI=1S/C12H17NO/c1-3-11(13)10-6-8(2)12-9(7-10)4-5-14-12/h6-7,11H,3-5,13H2,1-2H3/t11-/m0/s1. The molecule has 0 amide bonds. The lowest BCUT2D eigenvalue weighted by Gasteiger charge is -2.12. The van der Waals surface area contributed by atoms with E-state index in [-0.39, 0.29) is 6.04 Å². The molecule has 1 atom stereocenters. The number of ether oxygens (including phenoxy) is 1. The maximum absolute atomic E-state index is 6.02. The van der Waals surface area contributed by atoms with E-state index in [1.807, 2.05) is 0 Å². The van der Waals surface area contributed by atoms with E-state index < -0.39 is 0 Å². The molecule has 0 radical (unpaired) electrons. The summed E-state index contributed by atoms with van der Waals surface area (Å²) < 4.78 is 5.56. The van der Waals surface area contributed by atoms with Crippen molar-refractivity contribution in [3.63, 3.8) is 0 Å². The number of fused-ring (bicyclic) bond motifs is 1. The fourth-order valence-corrected chi connectivity index (χ4v) is 1.98. The van der Waals surface area contributed by atoms with E-state index in [2.05, 4.69) is 26.0 Å². The highest BCUT2D eigenvalue weighted by molar-refractivity contribution is 5.46. The van der Waals surface area contributed by atoms with E-state index in [1.54, 1.807) is 0 Å². The Morgan fingerprint density at radius 3 is 3.00 bits per heavy atom. The molecule has 0 fully saturated rings. The first-order valence-electron chi connectivity index (χ1n) is 5.24. The summed E-state index contributed by atoms with van der Waals surface area (Å²) in [5.41, 5.74) is 9.81. The van der Waals surface area contributed by atoms with Crippen LogP contribution in [0.15, 0.2) is 12.1 Å². The summed E-state index contributed by atoms with van der Waals surface area (Å²) in [5.74, 6) is 1.08. The number of rotatable bonds is 2. The Labute approximate surface area is 85.1 Å². The van der Waals surface area contributed by atoms with Crippen molar-refractivity contribution in [3.05, 3.63) is 28.8 Å². The molecule has 1 aromatic rings. The van der Waals surface area contributed by atoms with Gasteiger partial charge in [0.2, 0.25) is 0 Å². The van der Waals surface area contributed by atoms with E-state index >= 15 is 0 Å². The smallest absolute Gasteiger partial charge is 0.125 e. The van der Waals surface area contributed by atoms with Crippen molar-refractivity contribution in [1.29, 1.82) is 0 Å². The van der Waals surface area contributed by atoms with Gasteiger partial charge in [-0.1, -0.05) is 19.1 Å². The fourth-order valence-electron chi connectivity index (χ4n) is 1.98. The predicted molar refractivity (Wildman–Crippen MR) is 57.6 cm³/mol. The molecule has 0 aromatic heterocycles. The van der Waals surface area contributed by atoms with Crippen molar-refractivity contribution in [3.8, 4) is 5.75 Å². The molecule has 0 spiro atoms. The van der Waals surface area contributed by atoms with Gasteiger partial charge in [-0.3, -0.25) is 0 Å². The van der Waals surface area contributed by atoms with Crippen molar-refractivity contribution in [2.75, 3.05) is 6.61 Å². The minimum Gasteiger partial charge on any atom is -0.493 e. The van der Waals surface area contributed by atoms with Gasteiger partial charge in [0.1, 0.15) is 5.75 Å². The molecule has 2 N–H and O–H groups in total. The van der Waals surface area contributed by atoms with Crippen molar-refractivity contribution in [2.45, 2.75) is 32.7 Å². The van der Waals surface area contributed by atoms with Gasteiger partial charge in [-0.15, -0.1) is 0 Å². The van der Waals surface area contributed by atoms with Crippen LogP contribution in [0.25, 0.3) is 0 Å². The van der Waals surface area contributed by atoms with Gasteiger partial charge in [-0.05, 0) is 30.0 Å². The molecular weight excluding hydrogens is 174 g/mol. The first kappa shape index (κ1) is 9.53. The summed E-state index contributed by atoms with van der Waals surface area (Å²) in [4.78, 5) is 0. The fraction of sp³-hybridized carbons (Fsp3) is 0.500. The Morgan fingerprint density at radius 1 is 1.50 bits per heavy atom. The maximum Gasteiger partial charge on any atom is 0.125 e. The number of hydrogen-bond donors (Lipinski definition) is 1. The Balaban J connectivity index is 2.41. The molecule has 76 valence electrons. The molecule has 2 nitrogen and oxygen atoms in total. The van der Waals surface area contributed by atoms with Crippen LogP contribution in [-0.4, -0.2) is 6.61 Å². The predicted octanol–water partition coefficient (Wildman–Crippen LogP) is 2.34. The molecular formula is C12H17NO. The molecule has 14 heavy (non-hydrogen) atoms. The normalized spacial score (nSPS) is 16.2. The third kappa shape index (κ3) is 1.50. The van der Waals surface area contributed by atoms with Crippen LogP contribution in [0.5, 0.6) is 5.75 Å². The van der Waals surface area contributed by atoms with E-state index in [9.17, 15) is 0 Å². The Bertz CT molecular complexity index is 346. The number of hydrogen-bond acceptors (Lipinski definition) is 2. The second kappa shape index (κ2) is 3.62. The Morgan fingerprint density at radius 2 is 2.29 bits per heavy atom. The van der Waals surface area contributed by atoms with Gasteiger partial charge >= 0.3 is 0 Å². The monoisotopic (exact) mass is 191 g/mol. The maximum atomic E-state index is 6.02. The minimum absolute atomic E-state index is 0.166. The second-order valence-corrected chi connectivity index (χ2v) is 3.94. The SMILES string of the molecule is CC[C@H](N)c1cc(C)c2c(c1)CCO2. The van der Waals surface area contributed by atoms with E-state index in [4.69, 9.17) is 10.5 Å². The summed E-state index contributed by atoms with van der Waals surface area (Å²) in [6.07, 6.45) is 2.01. The molecule has 2 rings (SSSR count). The highest BCUT2D eigenvalue weighted by atomic mass is 16.5. The zero-order chi connectivity index (χ0) is 10.1. The molecule has 1 heterocycles. The quantitative estimate of drug-likeness (QED) is 0.778. The lowest BCUT2D eigenvalue weighted by atomic mass is 9.98. The largest absolute Gasteiger partial charge is 0.493 e. The Kier molecular flexibility index (Phi) is 2.46. The zero-order valence-electron chi connectivity index (χ0n) is 8.84. The molecule has 0 bridgehead atoms. The summed E-state index contributed by atoms with van der Waals surface area (Å²) in [6, 6.07) is 4.52. The summed E-state index contributed by atoms with van der Waals surface area (Å²) >= 11 is 0. The van der Waals surface area contributed by atoms with Crippen molar-refractivity contribution in [2.24, 2.45) is 5.73 Å². The third-order valence-corrected chi connectivity index (χ3v) is 2.86. The van der Waals surface area contributed by atoms with Gasteiger partial charge in [0, 0.05) is 12.5 Å². The van der Waals surface area contributed by atoms with Gasteiger partial charge in [0.25, 0.3) is 0 Å². The zero-order valence-corrected chi connectivity index (χ0v) is 8.84. The van der Waals surface area contributed by atoms with Crippen molar-refractivity contribution < 1.29 is 4.74 Å². The van der Waals surface area contributed by atoms with Gasteiger partial charge in [-0.2, -0.15) is 0 Å². The topological polar surface area (TPSA) is 35.2 Å². The molecule has 0 saturated carbocycles. The van der Waals surface area contributed by atoms with Gasteiger partial charge in [0.05, 0.1) is 6.61 Å². The van der Waals surface area contributed by atoms with Crippen LogP contribution in [0.4, 0.5) is 0 Å². The number of aryl methyl sites for hydroxylation is 1. The van der Waals surface area contributed by atoms with Crippen LogP contribution >= 0.6 is 0 Å². The van der Waals surface area contributed by atoms with Crippen LogP contribution in [0, 0.1) is 6.92 Å². The van der Waals surface area contributed by atoms with Crippen molar-refractivity contribution >= 4 is 0 Å². The van der Waals surface area contributed by atoms with Crippen molar-refractivity contribution in [1.82, 2.24) is 0 Å². The highest BCUT2D eigenvalue weighted by Gasteiger charge is 2.16. The minimum atomic E-state index is 0.166. The molecule has 2 heteroatoms. The number of benzene rings is 1. The molecule has 1 aliphatic rings. The van der Waals surface area contributed by atoms with Gasteiger partial charge in [0.15, 0.2) is 0 Å². The number of nitrogens with two attached hydrogens (primary N) is 1. The molecule has 1 aromatic carbocycles.